The third kappa shape index (κ3) is 5.68. The number of hydrogen-bond donors (Lipinski definition) is 1. The lowest BCUT2D eigenvalue weighted by Gasteiger charge is -2.19. The number of nitrogens with one attached hydrogen (secondary N) is 1. The summed E-state index contributed by atoms with van der Waals surface area (Å²) in [6, 6.07) is 7.62. The third-order valence-electron chi connectivity index (χ3n) is 2.06. The van der Waals surface area contributed by atoms with Crippen molar-refractivity contribution in [1.82, 2.24) is 5.32 Å². The van der Waals surface area contributed by atoms with E-state index in [0.29, 0.717) is 5.75 Å². The summed E-state index contributed by atoms with van der Waals surface area (Å²) in [4.78, 5) is 11.5. The second-order valence-corrected chi connectivity index (χ2v) is 5.05. The van der Waals surface area contributed by atoms with Crippen LogP contribution in [0.25, 0.3) is 0 Å². The number of carbonyl (C=O) groups excluding carboxylic acids is 1. The van der Waals surface area contributed by atoms with Gasteiger partial charge in [0.05, 0.1) is 0 Å². The van der Waals surface area contributed by atoms with E-state index in [1.807, 2.05) is 52.1 Å². The second-order valence-electron chi connectivity index (χ2n) is 5.05. The average molecular weight is 251 g/mol. The number of hydrogen-bond acceptors (Lipinski definition) is 4. The first-order chi connectivity index (χ1) is 8.40. The molecule has 100 valence electrons. The maximum atomic E-state index is 11.5. The largest absolute Gasteiger partial charge is 0.482 e. The standard InChI is InChI=1S/C14H21NO3/c1-14(2,3)18-13(16)10-17-12-7-5-6-11(8-12)9-15-4/h5-8,15H,9-10H2,1-4H3. The van der Waals surface area contributed by atoms with Crippen LogP contribution in [0.3, 0.4) is 0 Å². The molecule has 0 atom stereocenters. The van der Waals surface area contributed by atoms with Crippen LogP contribution in [0, 0.1) is 0 Å². The van der Waals surface area contributed by atoms with E-state index in [-0.39, 0.29) is 12.6 Å². The topological polar surface area (TPSA) is 47.6 Å². The van der Waals surface area contributed by atoms with E-state index in [4.69, 9.17) is 9.47 Å². The van der Waals surface area contributed by atoms with Gasteiger partial charge in [0.2, 0.25) is 0 Å². The molecule has 4 nitrogen and oxygen atoms in total. The summed E-state index contributed by atoms with van der Waals surface area (Å²) in [5.41, 5.74) is 0.633. The Bertz CT molecular complexity index is 396. The predicted molar refractivity (Wildman–Crippen MR) is 70.5 cm³/mol. The maximum absolute atomic E-state index is 11.5. The van der Waals surface area contributed by atoms with Crippen LogP contribution in [0.2, 0.25) is 0 Å². The SMILES string of the molecule is CNCc1cccc(OCC(=O)OC(C)(C)C)c1. The van der Waals surface area contributed by atoms with Gasteiger partial charge < -0.3 is 14.8 Å². The van der Waals surface area contributed by atoms with Crippen LogP contribution in [-0.4, -0.2) is 25.2 Å². The fourth-order valence-electron chi connectivity index (χ4n) is 1.46. The molecule has 0 unspecified atom stereocenters. The second kappa shape index (κ2) is 6.40. The monoisotopic (exact) mass is 251 g/mol. The normalized spacial score (nSPS) is 11.1. The number of rotatable bonds is 5. The van der Waals surface area contributed by atoms with Crippen molar-refractivity contribution in [1.29, 1.82) is 0 Å². The first kappa shape index (κ1) is 14.5. The van der Waals surface area contributed by atoms with Crippen LogP contribution in [0.15, 0.2) is 24.3 Å². The average Bonchev–Trinajstić information content (AvgIpc) is 2.25. The maximum Gasteiger partial charge on any atom is 0.344 e. The molecule has 1 aromatic rings. The smallest absolute Gasteiger partial charge is 0.344 e. The Morgan fingerprint density at radius 1 is 1.33 bits per heavy atom. The molecule has 1 rings (SSSR count). The molecule has 0 saturated heterocycles. The number of carbonyl (C=O) groups is 1. The summed E-state index contributed by atoms with van der Waals surface area (Å²) >= 11 is 0. The lowest BCUT2D eigenvalue weighted by Crippen LogP contribution is -2.27. The fraction of sp³-hybridized carbons (Fsp3) is 0.500. The summed E-state index contributed by atoms with van der Waals surface area (Å²) < 4.78 is 10.6. The molecule has 4 heteroatoms. The molecule has 0 saturated carbocycles. The summed E-state index contributed by atoms with van der Waals surface area (Å²) in [7, 11) is 1.88. The van der Waals surface area contributed by atoms with Crippen LogP contribution in [0.1, 0.15) is 26.3 Å². The Labute approximate surface area is 108 Å². The van der Waals surface area contributed by atoms with Gasteiger partial charge in [-0.15, -0.1) is 0 Å². The van der Waals surface area contributed by atoms with Gasteiger partial charge in [0.25, 0.3) is 0 Å². The molecule has 0 amide bonds. The summed E-state index contributed by atoms with van der Waals surface area (Å²) in [6.45, 7) is 6.19. The zero-order valence-electron chi connectivity index (χ0n) is 11.4. The zero-order chi connectivity index (χ0) is 13.6. The van der Waals surface area contributed by atoms with Gasteiger partial charge in [-0.2, -0.15) is 0 Å². The highest BCUT2D eigenvalue weighted by molar-refractivity contribution is 5.71. The minimum Gasteiger partial charge on any atom is -0.482 e. The zero-order valence-corrected chi connectivity index (χ0v) is 11.4. The Morgan fingerprint density at radius 2 is 2.06 bits per heavy atom. The van der Waals surface area contributed by atoms with Crippen molar-refractivity contribution >= 4 is 5.97 Å². The molecule has 0 aliphatic rings. The van der Waals surface area contributed by atoms with Crippen LogP contribution in [-0.2, 0) is 16.1 Å². The van der Waals surface area contributed by atoms with Crippen molar-refractivity contribution < 1.29 is 14.3 Å². The van der Waals surface area contributed by atoms with Crippen molar-refractivity contribution in [2.45, 2.75) is 32.9 Å². The summed E-state index contributed by atoms with van der Waals surface area (Å²) in [5, 5.41) is 3.06. The Balaban J connectivity index is 2.48. The molecule has 0 bridgehead atoms. The molecule has 1 N–H and O–H groups in total. The first-order valence-corrected chi connectivity index (χ1v) is 5.99. The van der Waals surface area contributed by atoms with Gasteiger partial charge in [0, 0.05) is 6.54 Å². The van der Waals surface area contributed by atoms with Gasteiger partial charge in [-0.1, -0.05) is 12.1 Å². The molecule has 0 heterocycles. The molecule has 0 aliphatic heterocycles. The van der Waals surface area contributed by atoms with Gasteiger partial charge in [-0.3, -0.25) is 0 Å². The van der Waals surface area contributed by atoms with E-state index >= 15 is 0 Å². The Kier molecular flexibility index (Phi) is 5.16. The molecular formula is C14H21NO3. The first-order valence-electron chi connectivity index (χ1n) is 5.99. The van der Waals surface area contributed by atoms with Crippen molar-refractivity contribution in [2.75, 3.05) is 13.7 Å². The fourth-order valence-corrected chi connectivity index (χ4v) is 1.46. The number of esters is 1. The summed E-state index contributed by atoms with van der Waals surface area (Å²) in [6.07, 6.45) is 0. The van der Waals surface area contributed by atoms with Crippen LogP contribution in [0.5, 0.6) is 5.75 Å². The molecule has 0 fully saturated rings. The van der Waals surface area contributed by atoms with Crippen molar-refractivity contribution in [2.24, 2.45) is 0 Å². The van der Waals surface area contributed by atoms with E-state index in [1.165, 1.54) is 0 Å². The Morgan fingerprint density at radius 3 is 2.67 bits per heavy atom. The van der Waals surface area contributed by atoms with Gasteiger partial charge in [0.1, 0.15) is 11.4 Å². The molecule has 18 heavy (non-hydrogen) atoms. The minimum atomic E-state index is -0.478. The summed E-state index contributed by atoms with van der Waals surface area (Å²) in [5.74, 6) is 0.315. The highest BCUT2D eigenvalue weighted by Crippen LogP contribution is 2.14. The van der Waals surface area contributed by atoms with Gasteiger partial charge >= 0.3 is 5.97 Å². The predicted octanol–water partition coefficient (Wildman–Crippen LogP) is 2.13. The van der Waals surface area contributed by atoms with E-state index in [9.17, 15) is 4.79 Å². The van der Waals surface area contributed by atoms with Crippen molar-refractivity contribution in [3.8, 4) is 5.75 Å². The molecular weight excluding hydrogens is 230 g/mol. The van der Waals surface area contributed by atoms with Crippen LogP contribution in [0.4, 0.5) is 0 Å². The van der Waals surface area contributed by atoms with Gasteiger partial charge in [-0.05, 0) is 45.5 Å². The number of ether oxygens (including phenoxy) is 2. The highest BCUT2D eigenvalue weighted by atomic mass is 16.6. The van der Waals surface area contributed by atoms with E-state index in [1.54, 1.807) is 0 Å². The third-order valence-corrected chi connectivity index (χ3v) is 2.06. The van der Waals surface area contributed by atoms with Crippen LogP contribution < -0.4 is 10.1 Å². The lowest BCUT2D eigenvalue weighted by molar-refractivity contribution is -0.157. The Hall–Kier alpha value is -1.55. The molecule has 1 aromatic carbocycles. The van der Waals surface area contributed by atoms with E-state index in [0.717, 1.165) is 12.1 Å². The molecule has 0 aliphatic carbocycles. The van der Waals surface area contributed by atoms with E-state index in [2.05, 4.69) is 5.32 Å². The number of benzene rings is 1. The van der Waals surface area contributed by atoms with Gasteiger partial charge in [0.15, 0.2) is 6.61 Å². The van der Waals surface area contributed by atoms with Gasteiger partial charge in [-0.25, -0.2) is 4.79 Å². The van der Waals surface area contributed by atoms with Crippen molar-refractivity contribution in [3.05, 3.63) is 29.8 Å². The molecule has 0 spiro atoms. The van der Waals surface area contributed by atoms with E-state index < -0.39 is 5.60 Å². The van der Waals surface area contributed by atoms with Crippen molar-refractivity contribution in [3.63, 3.8) is 0 Å². The molecule has 0 aromatic heterocycles. The minimum absolute atomic E-state index is 0.0692. The van der Waals surface area contributed by atoms with Crippen LogP contribution >= 0.6 is 0 Å². The highest BCUT2D eigenvalue weighted by Gasteiger charge is 2.16. The quantitative estimate of drug-likeness (QED) is 0.814. The lowest BCUT2D eigenvalue weighted by atomic mass is 10.2. The molecule has 0 radical (unpaired) electrons.